The lowest BCUT2D eigenvalue weighted by molar-refractivity contribution is 0.577. The van der Waals surface area contributed by atoms with Gasteiger partial charge in [-0.05, 0) is 43.4 Å². The Morgan fingerprint density at radius 1 is 1.19 bits per heavy atom. The largest absolute Gasteiger partial charge is 0.371 e. The first kappa shape index (κ1) is 13.7. The van der Waals surface area contributed by atoms with Crippen molar-refractivity contribution in [1.29, 1.82) is 0 Å². The summed E-state index contributed by atoms with van der Waals surface area (Å²) in [7, 11) is 0. The number of benzene rings is 1. The van der Waals surface area contributed by atoms with E-state index in [0.29, 0.717) is 5.88 Å². The molecule has 1 heterocycles. The van der Waals surface area contributed by atoms with E-state index in [1.54, 1.807) is 0 Å². The van der Waals surface area contributed by atoms with Crippen molar-refractivity contribution in [2.24, 2.45) is 0 Å². The number of hydrogen-bond acceptors (Lipinski definition) is 1. The second kappa shape index (κ2) is 6.36. The molecule has 2 rings (SSSR count). The predicted octanol–water partition coefficient (Wildman–Crippen LogP) is 4.15. The zero-order chi connectivity index (χ0) is 10.7. The third-order valence-corrected chi connectivity index (χ3v) is 3.43. The molecule has 1 nitrogen and oxygen atoms in total. The molecule has 0 radical (unpaired) electrons. The van der Waals surface area contributed by atoms with Crippen LogP contribution >= 0.6 is 24.0 Å². The van der Waals surface area contributed by atoms with Crippen LogP contribution in [0.3, 0.4) is 0 Å². The first-order chi connectivity index (χ1) is 7.31. The normalized spacial score (nSPS) is 15.8. The van der Waals surface area contributed by atoms with Gasteiger partial charge >= 0.3 is 0 Å². The van der Waals surface area contributed by atoms with E-state index in [9.17, 15) is 0 Å². The van der Waals surface area contributed by atoms with E-state index in [4.69, 9.17) is 11.6 Å². The molecule has 0 aliphatic carbocycles. The number of anilines is 1. The molecule has 0 unspecified atom stereocenters. The van der Waals surface area contributed by atoms with Gasteiger partial charge in [0.25, 0.3) is 0 Å². The highest BCUT2D eigenvalue weighted by Gasteiger charge is 2.12. The summed E-state index contributed by atoms with van der Waals surface area (Å²) in [5.74, 6) is 0.612. The molecule has 0 spiro atoms. The summed E-state index contributed by atoms with van der Waals surface area (Å²) in [5.41, 5.74) is 3.97. The van der Waals surface area contributed by atoms with Gasteiger partial charge in [-0.2, -0.15) is 0 Å². The van der Waals surface area contributed by atoms with E-state index in [1.165, 1.54) is 49.2 Å². The Morgan fingerprint density at radius 2 is 1.88 bits per heavy atom. The van der Waals surface area contributed by atoms with Gasteiger partial charge in [0, 0.05) is 24.7 Å². The van der Waals surface area contributed by atoms with Crippen molar-refractivity contribution in [3.63, 3.8) is 0 Å². The molecule has 0 bridgehead atoms. The maximum atomic E-state index is 5.87. The summed E-state index contributed by atoms with van der Waals surface area (Å²) < 4.78 is 0. The van der Waals surface area contributed by atoms with E-state index in [-0.39, 0.29) is 12.4 Å². The van der Waals surface area contributed by atoms with Gasteiger partial charge in [0.2, 0.25) is 0 Å². The Balaban J connectivity index is 0.00000128. The Hall–Kier alpha value is -0.400. The lowest BCUT2D eigenvalue weighted by atomic mass is 10.1. The Morgan fingerprint density at radius 3 is 2.50 bits per heavy atom. The van der Waals surface area contributed by atoms with Crippen molar-refractivity contribution in [2.45, 2.75) is 32.1 Å². The number of halogens is 2. The lowest BCUT2D eigenvalue weighted by Gasteiger charge is -2.30. The summed E-state index contributed by atoms with van der Waals surface area (Å²) in [6, 6.07) is 6.55. The second-order valence-electron chi connectivity index (χ2n) is 4.30. The SMILES string of the molecule is Cc1ccc(CCl)cc1N1CCCCC1.Cl. The molecular formula is C13H19Cl2N. The molecule has 0 amide bonds. The number of piperidine rings is 1. The van der Waals surface area contributed by atoms with Crippen LogP contribution < -0.4 is 4.90 Å². The van der Waals surface area contributed by atoms with Crippen LogP contribution in [-0.4, -0.2) is 13.1 Å². The molecule has 0 aromatic heterocycles. The maximum absolute atomic E-state index is 5.87. The standard InChI is InChI=1S/C13H18ClN.ClH/c1-11-5-6-12(10-14)9-13(11)15-7-3-2-4-8-15;/h5-6,9H,2-4,7-8,10H2,1H3;1H. The van der Waals surface area contributed by atoms with Crippen molar-refractivity contribution in [1.82, 2.24) is 0 Å². The molecule has 1 aromatic carbocycles. The van der Waals surface area contributed by atoms with Crippen molar-refractivity contribution in [3.8, 4) is 0 Å². The van der Waals surface area contributed by atoms with Crippen molar-refractivity contribution in [3.05, 3.63) is 29.3 Å². The monoisotopic (exact) mass is 259 g/mol. The Bertz CT molecular complexity index is 333. The third kappa shape index (κ3) is 3.05. The van der Waals surface area contributed by atoms with Gasteiger partial charge in [-0.15, -0.1) is 24.0 Å². The molecule has 1 aliphatic rings. The first-order valence-electron chi connectivity index (χ1n) is 5.71. The molecule has 1 aliphatic heterocycles. The van der Waals surface area contributed by atoms with Crippen LogP contribution in [0, 0.1) is 6.92 Å². The minimum Gasteiger partial charge on any atom is -0.371 e. The van der Waals surface area contributed by atoms with Crippen LogP contribution in [0.2, 0.25) is 0 Å². The molecular weight excluding hydrogens is 241 g/mol. The van der Waals surface area contributed by atoms with E-state index in [2.05, 4.69) is 30.0 Å². The van der Waals surface area contributed by atoms with Crippen molar-refractivity contribution < 1.29 is 0 Å². The van der Waals surface area contributed by atoms with Crippen LogP contribution in [-0.2, 0) is 5.88 Å². The van der Waals surface area contributed by atoms with Gasteiger partial charge in [0.15, 0.2) is 0 Å². The van der Waals surface area contributed by atoms with E-state index in [1.807, 2.05) is 0 Å². The molecule has 16 heavy (non-hydrogen) atoms. The number of hydrogen-bond donors (Lipinski definition) is 0. The van der Waals surface area contributed by atoms with Gasteiger partial charge in [-0.25, -0.2) is 0 Å². The summed E-state index contributed by atoms with van der Waals surface area (Å²) in [5, 5.41) is 0. The fourth-order valence-electron chi connectivity index (χ4n) is 2.21. The molecule has 3 heteroatoms. The smallest absolute Gasteiger partial charge is 0.0474 e. The summed E-state index contributed by atoms with van der Waals surface area (Å²) >= 11 is 5.87. The third-order valence-electron chi connectivity index (χ3n) is 3.12. The molecule has 0 N–H and O–H groups in total. The van der Waals surface area contributed by atoms with E-state index in [0.717, 1.165) is 0 Å². The fraction of sp³-hybridized carbons (Fsp3) is 0.538. The molecule has 0 saturated carbocycles. The lowest BCUT2D eigenvalue weighted by Crippen LogP contribution is -2.30. The number of alkyl halides is 1. The van der Waals surface area contributed by atoms with Crippen molar-refractivity contribution in [2.75, 3.05) is 18.0 Å². The zero-order valence-corrected chi connectivity index (χ0v) is 11.3. The minimum atomic E-state index is 0. The summed E-state index contributed by atoms with van der Waals surface area (Å²) in [6.45, 7) is 4.58. The number of rotatable bonds is 2. The van der Waals surface area contributed by atoms with Crippen LogP contribution in [0.1, 0.15) is 30.4 Å². The molecule has 1 aromatic rings. The zero-order valence-electron chi connectivity index (χ0n) is 9.71. The average Bonchev–Trinajstić information content (AvgIpc) is 2.31. The van der Waals surface area contributed by atoms with Crippen molar-refractivity contribution >= 4 is 29.7 Å². The molecule has 90 valence electrons. The number of aryl methyl sites for hydroxylation is 1. The first-order valence-corrected chi connectivity index (χ1v) is 6.25. The minimum absolute atomic E-state index is 0. The topological polar surface area (TPSA) is 3.24 Å². The highest BCUT2D eigenvalue weighted by molar-refractivity contribution is 6.17. The predicted molar refractivity (Wildman–Crippen MR) is 74.0 cm³/mol. The summed E-state index contributed by atoms with van der Waals surface area (Å²) in [6.07, 6.45) is 4.03. The van der Waals surface area contributed by atoms with Gasteiger partial charge in [-0.3, -0.25) is 0 Å². The van der Waals surface area contributed by atoms with Gasteiger partial charge in [0.1, 0.15) is 0 Å². The van der Waals surface area contributed by atoms with E-state index < -0.39 is 0 Å². The van der Waals surface area contributed by atoms with Crippen LogP contribution in [0.5, 0.6) is 0 Å². The highest BCUT2D eigenvalue weighted by Crippen LogP contribution is 2.25. The van der Waals surface area contributed by atoms with E-state index >= 15 is 0 Å². The Labute approximate surface area is 109 Å². The number of nitrogens with zero attached hydrogens (tertiary/aromatic N) is 1. The van der Waals surface area contributed by atoms with Gasteiger partial charge in [-0.1, -0.05) is 12.1 Å². The fourth-order valence-corrected chi connectivity index (χ4v) is 2.38. The second-order valence-corrected chi connectivity index (χ2v) is 4.57. The van der Waals surface area contributed by atoms with Gasteiger partial charge in [0.05, 0.1) is 0 Å². The molecule has 1 saturated heterocycles. The highest BCUT2D eigenvalue weighted by atomic mass is 35.5. The maximum Gasteiger partial charge on any atom is 0.0474 e. The molecule has 0 atom stereocenters. The average molecular weight is 260 g/mol. The Kier molecular flexibility index (Phi) is 5.43. The van der Waals surface area contributed by atoms with Crippen LogP contribution in [0.15, 0.2) is 18.2 Å². The molecule has 1 fully saturated rings. The summed E-state index contributed by atoms with van der Waals surface area (Å²) in [4.78, 5) is 2.49. The van der Waals surface area contributed by atoms with Crippen LogP contribution in [0.25, 0.3) is 0 Å². The van der Waals surface area contributed by atoms with Gasteiger partial charge < -0.3 is 4.90 Å². The quantitative estimate of drug-likeness (QED) is 0.722. The van der Waals surface area contributed by atoms with Crippen LogP contribution in [0.4, 0.5) is 5.69 Å².